The van der Waals surface area contributed by atoms with Crippen molar-refractivity contribution < 1.29 is 18.0 Å². The van der Waals surface area contributed by atoms with Gasteiger partial charge in [0.05, 0.1) is 5.56 Å². The molecule has 1 aliphatic rings. The number of carbonyl (C=O) groups excluding carboxylic acids is 1. The van der Waals surface area contributed by atoms with Gasteiger partial charge < -0.3 is 4.90 Å². The quantitative estimate of drug-likeness (QED) is 0.774. The summed E-state index contributed by atoms with van der Waals surface area (Å²) in [5.41, 5.74) is -0.368. The Morgan fingerprint density at radius 1 is 1.32 bits per heavy atom. The lowest BCUT2D eigenvalue weighted by Crippen LogP contribution is -2.38. The zero-order valence-corrected chi connectivity index (χ0v) is 13.0. The highest BCUT2D eigenvalue weighted by molar-refractivity contribution is 5.97. The van der Waals surface area contributed by atoms with E-state index >= 15 is 0 Å². The number of benzene rings is 1. The summed E-state index contributed by atoms with van der Waals surface area (Å²) in [6.45, 7) is 6.71. The molecule has 1 aliphatic heterocycles. The van der Waals surface area contributed by atoms with E-state index < -0.39 is 11.7 Å². The van der Waals surface area contributed by atoms with Gasteiger partial charge in [-0.3, -0.25) is 4.79 Å². The Hall–Kier alpha value is -1.36. The number of alkyl halides is 3. The molecule has 1 fully saturated rings. The lowest BCUT2D eigenvalue weighted by molar-refractivity contribution is -0.137. The maximum absolute atomic E-state index is 12.5. The number of ketones is 1. The van der Waals surface area contributed by atoms with Crippen LogP contribution in [0.25, 0.3) is 0 Å². The number of piperidine rings is 1. The van der Waals surface area contributed by atoms with Crippen LogP contribution in [0.1, 0.15) is 42.6 Å². The van der Waals surface area contributed by atoms with E-state index in [1.807, 2.05) is 6.92 Å². The topological polar surface area (TPSA) is 20.3 Å². The smallest absolute Gasteiger partial charge is 0.302 e. The molecule has 0 aromatic heterocycles. The Kier molecular flexibility index (Phi) is 5.27. The molecular weight excluding hydrogens is 291 g/mol. The second-order valence-corrected chi connectivity index (χ2v) is 6.35. The minimum absolute atomic E-state index is 0.0908. The molecule has 22 heavy (non-hydrogen) atoms. The van der Waals surface area contributed by atoms with Crippen molar-refractivity contribution in [2.45, 2.75) is 32.9 Å². The van der Waals surface area contributed by atoms with Crippen LogP contribution in [-0.4, -0.2) is 30.3 Å². The van der Waals surface area contributed by atoms with Crippen molar-refractivity contribution in [3.8, 4) is 0 Å². The van der Waals surface area contributed by atoms with Crippen molar-refractivity contribution in [1.82, 2.24) is 4.90 Å². The van der Waals surface area contributed by atoms with Crippen LogP contribution in [0.4, 0.5) is 13.2 Å². The van der Waals surface area contributed by atoms with Gasteiger partial charge >= 0.3 is 6.18 Å². The van der Waals surface area contributed by atoms with E-state index in [0.717, 1.165) is 31.6 Å². The highest BCUT2D eigenvalue weighted by Gasteiger charge is 2.30. The highest BCUT2D eigenvalue weighted by Crippen LogP contribution is 2.29. The second kappa shape index (κ2) is 6.82. The molecule has 1 aromatic rings. The summed E-state index contributed by atoms with van der Waals surface area (Å²) in [6.07, 6.45) is -2.00. The summed E-state index contributed by atoms with van der Waals surface area (Å²) in [6, 6.07) is 4.51. The number of rotatable bonds is 4. The van der Waals surface area contributed by atoms with Gasteiger partial charge in [-0.05, 0) is 37.4 Å². The second-order valence-electron chi connectivity index (χ2n) is 6.35. The van der Waals surface area contributed by atoms with E-state index in [4.69, 9.17) is 0 Å². The monoisotopic (exact) mass is 313 g/mol. The van der Waals surface area contributed by atoms with Crippen LogP contribution in [-0.2, 0) is 6.18 Å². The van der Waals surface area contributed by atoms with E-state index in [2.05, 4.69) is 11.8 Å². The molecule has 2 unspecified atom stereocenters. The molecule has 1 heterocycles. The zero-order valence-electron chi connectivity index (χ0n) is 13.0. The number of likely N-dealkylation sites (tertiary alicyclic amines) is 1. The Labute approximate surface area is 129 Å². The first-order valence-corrected chi connectivity index (χ1v) is 7.71. The van der Waals surface area contributed by atoms with Gasteiger partial charge in [-0.1, -0.05) is 26.0 Å². The first kappa shape index (κ1) is 17.0. The van der Waals surface area contributed by atoms with Gasteiger partial charge in [0.25, 0.3) is 0 Å². The number of Topliss-reactive ketones (excluding diaryl/α,β-unsaturated/α-hetero) is 1. The van der Waals surface area contributed by atoms with Crippen molar-refractivity contribution >= 4 is 5.78 Å². The fourth-order valence-electron chi connectivity index (χ4n) is 3.03. The average molecular weight is 313 g/mol. The molecule has 0 N–H and O–H groups in total. The van der Waals surface area contributed by atoms with Gasteiger partial charge in [-0.25, -0.2) is 0 Å². The molecule has 122 valence electrons. The molecule has 0 spiro atoms. The predicted octanol–water partition coefficient (Wildman–Crippen LogP) is 4.26. The molecule has 1 aromatic carbocycles. The van der Waals surface area contributed by atoms with Crippen LogP contribution in [0.15, 0.2) is 24.3 Å². The fraction of sp³-hybridized carbons (Fsp3) is 0.588. The number of halogens is 3. The molecule has 2 atom stereocenters. The third kappa shape index (κ3) is 4.32. The van der Waals surface area contributed by atoms with Crippen LogP contribution in [0.2, 0.25) is 0 Å². The van der Waals surface area contributed by atoms with Crippen molar-refractivity contribution in [2.24, 2.45) is 11.8 Å². The summed E-state index contributed by atoms with van der Waals surface area (Å²) in [5.74, 6) is 0.344. The number of hydrogen-bond acceptors (Lipinski definition) is 2. The van der Waals surface area contributed by atoms with Gasteiger partial charge in [0.1, 0.15) is 0 Å². The number of hydrogen-bond donors (Lipinski definition) is 0. The minimum Gasteiger partial charge on any atom is -0.302 e. The van der Waals surface area contributed by atoms with Crippen LogP contribution in [0.5, 0.6) is 0 Å². The third-order valence-corrected chi connectivity index (χ3v) is 4.22. The Bertz CT molecular complexity index is 510. The fourth-order valence-corrected chi connectivity index (χ4v) is 3.03. The first-order chi connectivity index (χ1) is 10.3. The standard InChI is InChI=1S/C17H22F3NO/c1-12-4-3-9-21(10-12)11-13(2)16(22)14-5-7-15(8-6-14)17(18,19)20/h5-8,12-13H,3-4,9-11H2,1-2H3. The van der Waals surface area contributed by atoms with Gasteiger partial charge in [0, 0.05) is 24.6 Å². The lowest BCUT2D eigenvalue weighted by Gasteiger charge is -2.32. The molecule has 0 aliphatic carbocycles. The Balaban J connectivity index is 1.98. The van der Waals surface area contributed by atoms with Crippen LogP contribution in [0, 0.1) is 11.8 Å². The normalized spacial score (nSPS) is 21.6. The van der Waals surface area contributed by atoms with E-state index in [1.165, 1.54) is 18.6 Å². The average Bonchev–Trinajstić information content (AvgIpc) is 2.45. The Morgan fingerprint density at radius 2 is 1.95 bits per heavy atom. The molecule has 2 nitrogen and oxygen atoms in total. The van der Waals surface area contributed by atoms with Gasteiger partial charge in [0.2, 0.25) is 0 Å². The highest BCUT2D eigenvalue weighted by atomic mass is 19.4. The minimum atomic E-state index is -4.36. The zero-order chi connectivity index (χ0) is 16.3. The summed E-state index contributed by atoms with van der Waals surface area (Å²) in [7, 11) is 0. The molecule has 0 radical (unpaired) electrons. The third-order valence-electron chi connectivity index (χ3n) is 4.22. The predicted molar refractivity (Wildman–Crippen MR) is 79.8 cm³/mol. The SMILES string of the molecule is CC1CCCN(CC(C)C(=O)c2ccc(C(F)(F)F)cc2)C1. The van der Waals surface area contributed by atoms with Gasteiger partial charge in [0.15, 0.2) is 5.78 Å². The molecular formula is C17H22F3NO. The van der Waals surface area contributed by atoms with Crippen LogP contribution in [0.3, 0.4) is 0 Å². The Morgan fingerprint density at radius 3 is 2.50 bits per heavy atom. The van der Waals surface area contributed by atoms with Gasteiger partial charge in [-0.15, -0.1) is 0 Å². The van der Waals surface area contributed by atoms with Crippen LogP contribution >= 0.6 is 0 Å². The maximum atomic E-state index is 12.5. The first-order valence-electron chi connectivity index (χ1n) is 7.71. The van der Waals surface area contributed by atoms with Crippen molar-refractivity contribution in [3.63, 3.8) is 0 Å². The lowest BCUT2D eigenvalue weighted by atomic mass is 9.95. The summed E-state index contributed by atoms with van der Waals surface area (Å²) < 4.78 is 37.6. The van der Waals surface area contributed by atoms with Crippen molar-refractivity contribution in [2.75, 3.05) is 19.6 Å². The molecule has 1 saturated heterocycles. The van der Waals surface area contributed by atoms with E-state index in [-0.39, 0.29) is 11.7 Å². The molecule has 5 heteroatoms. The summed E-state index contributed by atoms with van der Waals surface area (Å²) in [4.78, 5) is 14.6. The maximum Gasteiger partial charge on any atom is 0.416 e. The van der Waals surface area contributed by atoms with Crippen molar-refractivity contribution in [1.29, 1.82) is 0 Å². The number of carbonyl (C=O) groups is 1. The van der Waals surface area contributed by atoms with Gasteiger partial charge in [-0.2, -0.15) is 13.2 Å². The molecule has 0 amide bonds. The molecule has 0 saturated carbocycles. The summed E-state index contributed by atoms with van der Waals surface area (Å²) in [5, 5.41) is 0. The van der Waals surface area contributed by atoms with E-state index in [0.29, 0.717) is 18.0 Å². The van der Waals surface area contributed by atoms with Crippen LogP contribution < -0.4 is 0 Å². The summed E-state index contributed by atoms with van der Waals surface area (Å²) >= 11 is 0. The van der Waals surface area contributed by atoms with Crippen molar-refractivity contribution in [3.05, 3.63) is 35.4 Å². The molecule has 2 rings (SSSR count). The van der Waals surface area contributed by atoms with E-state index in [1.54, 1.807) is 0 Å². The largest absolute Gasteiger partial charge is 0.416 e. The molecule has 0 bridgehead atoms. The van der Waals surface area contributed by atoms with E-state index in [9.17, 15) is 18.0 Å². The number of nitrogens with zero attached hydrogens (tertiary/aromatic N) is 1.